The molecule has 21 heavy (non-hydrogen) atoms. The molecule has 0 rings (SSSR count). The van der Waals surface area contributed by atoms with Crippen LogP contribution in [0.1, 0.15) is 47.5 Å². The maximum atomic E-state index is 11.6. The Morgan fingerprint density at radius 3 is 1.86 bits per heavy atom. The van der Waals surface area contributed by atoms with Crippen molar-refractivity contribution in [3.63, 3.8) is 0 Å². The van der Waals surface area contributed by atoms with Crippen LogP contribution in [0.4, 0.5) is 0 Å². The van der Waals surface area contributed by atoms with Gasteiger partial charge in [0.2, 0.25) is 0 Å². The van der Waals surface area contributed by atoms with Gasteiger partial charge in [0, 0.05) is 25.9 Å². The molecule has 7 heteroatoms. The predicted octanol–water partition coefficient (Wildman–Crippen LogP) is 3.57. The van der Waals surface area contributed by atoms with Crippen molar-refractivity contribution in [2.45, 2.75) is 56.9 Å². The van der Waals surface area contributed by atoms with Crippen molar-refractivity contribution in [3.8, 4) is 0 Å². The molecule has 0 amide bonds. The molecule has 0 aromatic heterocycles. The van der Waals surface area contributed by atoms with E-state index in [0.717, 1.165) is 18.9 Å². The van der Waals surface area contributed by atoms with Gasteiger partial charge in [-0.25, -0.2) is 0 Å². The van der Waals surface area contributed by atoms with E-state index in [9.17, 15) is 4.79 Å². The molecule has 0 saturated carbocycles. The summed E-state index contributed by atoms with van der Waals surface area (Å²) in [4.78, 5) is 11.6. The lowest BCUT2D eigenvalue weighted by Gasteiger charge is -2.28. The normalized spacial score (nSPS) is 12.5. The number of carbonyl (C=O) groups is 1. The fraction of sp³-hybridized carbons (Fsp3) is 0.929. The standard InChI is InChI=1S/C14H29IO5Si/c1-6-18-21(19-7-2,20-8-3)12-10-9-11-17-13(16)14(4,5)15/h6-12H2,1-5H3. The predicted molar refractivity (Wildman–Crippen MR) is 93.7 cm³/mol. The Labute approximate surface area is 143 Å². The van der Waals surface area contributed by atoms with Crippen LogP contribution in [0.15, 0.2) is 0 Å². The zero-order chi connectivity index (χ0) is 16.4. The van der Waals surface area contributed by atoms with E-state index in [4.69, 9.17) is 18.0 Å². The minimum absolute atomic E-state index is 0.175. The van der Waals surface area contributed by atoms with Crippen LogP contribution in [0.3, 0.4) is 0 Å². The maximum Gasteiger partial charge on any atom is 0.500 e. The Balaban J connectivity index is 4.16. The number of rotatable bonds is 12. The lowest BCUT2D eigenvalue weighted by Crippen LogP contribution is -2.45. The third-order valence-corrected chi connectivity index (χ3v) is 6.28. The highest BCUT2D eigenvalue weighted by atomic mass is 127. The Morgan fingerprint density at radius 2 is 1.48 bits per heavy atom. The van der Waals surface area contributed by atoms with Crippen molar-refractivity contribution >= 4 is 37.4 Å². The second-order valence-electron chi connectivity index (χ2n) is 5.05. The number of alkyl halides is 1. The molecule has 126 valence electrons. The third-order valence-electron chi connectivity index (χ3n) is 2.69. The van der Waals surface area contributed by atoms with Crippen LogP contribution in [-0.4, -0.2) is 44.6 Å². The molecule has 0 heterocycles. The summed E-state index contributed by atoms with van der Waals surface area (Å²) in [6.45, 7) is 11.7. The molecule has 0 radical (unpaired) electrons. The largest absolute Gasteiger partial charge is 0.500 e. The van der Waals surface area contributed by atoms with Crippen molar-refractivity contribution in [3.05, 3.63) is 0 Å². The third kappa shape index (κ3) is 9.12. The minimum atomic E-state index is -2.55. The molecule has 0 aliphatic carbocycles. The van der Waals surface area contributed by atoms with E-state index in [0.29, 0.717) is 26.4 Å². The summed E-state index contributed by atoms with van der Waals surface area (Å²) in [6.07, 6.45) is 1.65. The number of hydrogen-bond donors (Lipinski definition) is 0. The first-order valence-electron chi connectivity index (χ1n) is 7.59. The number of unbranched alkanes of at least 4 members (excludes halogenated alkanes) is 1. The molecular weight excluding hydrogens is 403 g/mol. The summed E-state index contributed by atoms with van der Waals surface area (Å²) in [7, 11) is -2.55. The van der Waals surface area contributed by atoms with Gasteiger partial charge in [-0.05, 0) is 47.5 Å². The van der Waals surface area contributed by atoms with E-state index in [2.05, 4.69) is 22.6 Å². The Bertz CT molecular complexity index is 277. The van der Waals surface area contributed by atoms with E-state index < -0.39 is 12.2 Å². The first-order valence-corrected chi connectivity index (χ1v) is 10.6. The molecule has 0 spiro atoms. The molecular formula is C14H29IO5Si. The lowest BCUT2D eigenvalue weighted by molar-refractivity contribution is -0.145. The first kappa shape index (κ1) is 21.3. The highest BCUT2D eigenvalue weighted by molar-refractivity contribution is 14.1. The van der Waals surface area contributed by atoms with Crippen LogP contribution < -0.4 is 0 Å². The first-order chi connectivity index (χ1) is 9.81. The van der Waals surface area contributed by atoms with Gasteiger partial charge in [-0.15, -0.1) is 0 Å². The molecule has 0 aliphatic heterocycles. The molecule has 0 aromatic carbocycles. The topological polar surface area (TPSA) is 54.0 Å². The van der Waals surface area contributed by atoms with E-state index in [1.807, 2.05) is 34.6 Å². The fourth-order valence-corrected chi connectivity index (χ4v) is 4.62. The zero-order valence-electron chi connectivity index (χ0n) is 13.9. The maximum absolute atomic E-state index is 11.6. The Hall–Kier alpha value is 0.297. The van der Waals surface area contributed by atoms with Crippen LogP contribution in [0.25, 0.3) is 0 Å². The van der Waals surface area contributed by atoms with Crippen molar-refractivity contribution in [1.82, 2.24) is 0 Å². The molecule has 5 nitrogen and oxygen atoms in total. The number of esters is 1. The fourth-order valence-electron chi connectivity index (χ4n) is 1.78. The molecule has 0 N–H and O–H groups in total. The van der Waals surface area contributed by atoms with Crippen LogP contribution >= 0.6 is 22.6 Å². The quantitative estimate of drug-likeness (QED) is 0.155. The van der Waals surface area contributed by atoms with E-state index in [1.165, 1.54) is 0 Å². The summed E-state index contributed by atoms with van der Waals surface area (Å²) >= 11 is 2.08. The number of ether oxygens (including phenoxy) is 1. The molecule has 0 aliphatic rings. The lowest BCUT2D eigenvalue weighted by atomic mass is 10.2. The highest BCUT2D eigenvalue weighted by Crippen LogP contribution is 2.21. The van der Waals surface area contributed by atoms with Crippen LogP contribution in [0.2, 0.25) is 6.04 Å². The summed E-state index contributed by atoms with van der Waals surface area (Å²) in [5.74, 6) is -0.175. The smallest absolute Gasteiger partial charge is 0.465 e. The summed E-state index contributed by atoms with van der Waals surface area (Å²) < 4.78 is 22.1. The van der Waals surface area contributed by atoms with Gasteiger partial charge in [0.05, 0.1) is 6.61 Å². The number of hydrogen-bond acceptors (Lipinski definition) is 5. The monoisotopic (exact) mass is 432 g/mol. The van der Waals surface area contributed by atoms with Crippen LogP contribution in [0, 0.1) is 0 Å². The number of halogens is 1. The van der Waals surface area contributed by atoms with E-state index in [-0.39, 0.29) is 5.97 Å². The second kappa shape index (κ2) is 10.9. The summed E-state index contributed by atoms with van der Waals surface area (Å²) in [5.41, 5.74) is 0. The van der Waals surface area contributed by atoms with Gasteiger partial charge >= 0.3 is 14.8 Å². The average molecular weight is 432 g/mol. The van der Waals surface area contributed by atoms with Gasteiger partial charge in [0.25, 0.3) is 0 Å². The van der Waals surface area contributed by atoms with Crippen molar-refractivity contribution in [1.29, 1.82) is 0 Å². The van der Waals surface area contributed by atoms with E-state index >= 15 is 0 Å². The van der Waals surface area contributed by atoms with Crippen molar-refractivity contribution in [2.75, 3.05) is 26.4 Å². The SMILES string of the molecule is CCO[Si](CCCCOC(=O)C(C)(C)I)(OCC)OCC. The molecule has 0 atom stereocenters. The van der Waals surface area contributed by atoms with Gasteiger partial charge < -0.3 is 18.0 Å². The Morgan fingerprint density at radius 1 is 1.00 bits per heavy atom. The van der Waals surface area contributed by atoms with Gasteiger partial charge in [0.15, 0.2) is 0 Å². The van der Waals surface area contributed by atoms with Crippen LogP contribution in [-0.2, 0) is 22.8 Å². The molecule has 0 fully saturated rings. The van der Waals surface area contributed by atoms with Gasteiger partial charge in [-0.2, -0.15) is 0 Å². The average Bonchev–Trinajstić information content (AvgIpc) is 2.38. The van der Waals surface area contributed by atoms with E-state index in [1.54, 1.807) is 0 Å². The van der Waals surface area contributed by atoms with Gasteiger partial charge in [0.1, 0.15) is 3.42 Å². The summed E-state index contributed by atoms with van der Waals surface area (Å²) in [5, 5.41) is 0. The highest BCUT2D eigenvalue weighted by Gasteiger charge is 2.39. The number of carbonyl (C=O) groups excluding carboxylic acids is 1. The molecule has 0 aromatic rings. The Kier molecular flexibility index (Phi) is 11.1. The second-order valence-corrected chi connectivity index (χ2v) is 10.5. The van der Waals surface area contributed by atoms with Crippen molar-refractivity contribution < 1.29 is 22.8 Å². The van der Waals surface area contributed by atoms with Crippen molar-refractivity contribution in [2.24, 2.45) is 0 Å². The molecule has 0 saturated heterocycles. The summed E-state index contributed by atoms with van der Waals surface area (Å²) in [6, 6.07) is 0.758. The minimum Gasteiger partial charge on any atom is -0.465 e. The van der Waals surface area contributed by atoms with Gasteiger partial charge in [-0.3, -0.25) is 4.79 Å². The molecule has 0 unspecified atom stereocenters. The van der Waals surface area contributed by atoms with Gasteiger partial charge in [-0.1, -0.05) is 22.6 Å². The molecule has 0 bridgehead atoms. The van der Waals surface area contributed by atoms with Crippen LogP contribution in [0.5, 0.6) is 0 Å². The zero-order valence-corrected chi connectivity index (χ0v) is 17.0.